The van der Waals surface area contributed by atoms with Gasteiger partial charge in [-0.2, -0.15) is 0 Å². The van der Waals surface area contributed by atoms with Crippen LogP contribution in [0.5, 0.6) is 0 Å². The van der Waals surface area contributed by atoms with Gasteiger partial charge in [-0.3, -0.25) is 4.79 Å². The van der Waals surface area contributed by atoms with Gasteiger partial charge in [-0.05, 0) is 37.1 Å². The molecule has 1 aromatic carbocycles. The molecule has 2 fully saturated rings. The Hall–Kier alpha value is -1.59. The summed E-state index contributed by atoms with van der Waals surface area (Å²) in [6, 6.07) is 8.07. The zero-order valence-corrected chi connectivity index (χ0v) is 12.2. The molecule has 0 aliphatic carbocycles. The van der Waals surface area contributed by atoms with E-state index in [0.717, 1.165) is 44.8 Å². The second kappa shape index (κ2) is 6.91. The molecule has 0 unspecified atom stereocenters. The van der Waals surface area contributed by atoms with Crippen LogP contribution in [0.15, 0.2) is 24.3 Å². The summed E-state index contributed by atoms with van der Waals surface area (Å²) in [6.07, 6.45) is 1.63. The molecule has 0 saturated carbocycles. The number of nitrogens with one attached hydrogen (secondary N) is 1. The molecular formula is C16H22N2O3. The third-order valence-electron chi connectivity index (χ3n) is 4.10. The van der Waals surface area contributed by atoms with Crippen molar-refractivity contribution in [3.8, 4) is 0 Å². The lowest BCUT2D eigenvalue weighted by atomic mass is 9.99. The summed E-state index contributed by atoms with van der Waals surface area (Å²) in [5.41, 5.74) is 2.05. The van der Waals surface area contributed by atoms with Gasteiger partial charge in [0, 0.05) is 43.6 Å². The van der Waals surface area contributed by atoms with Gasteiger partial charge in [0.2, 0.25) is 5.91 Å². The van der Waals surface area contributed by atoms with Crippen LogP contribution in [0.3, 0.4) is 0 Å². The van der Waals surface area contributed by atoms with E-state index in [1.165, 1.54) is 5.69 Å². The Kier molecular flexibility index (Phi) is 4.72. The minimum Gasteiger partial charge on any atom is -0.381 e. The molecule has 5 heteroatoms. The van der Waals surface area contributed by atoms with Crippen LogP contribution in [0, 0.1) is 5.92 Å². The molecule has 2 aliphatic heterocycles. The van der Waals surface area contributed by atoms with Crippen LogP contribution in [0.4, 0.5) is 11.4 Å². The molecule has 114 valence electrons. The van der Waals surface area contributed by atoms with E-state index in [1.54, 1.807) is 0 Å². The number of carbonyl (C=O) groups is 1. The van der Waals surface area contributed by atoms with Gasteiger partial charge >= 0.3 is 0 Å². The highest BCUT2D eigenvalue weighted by molar-refractivity contribution is 5.92. The number of nitrogens with zero attached hydrogens (tertiary/aromatic N) is 1. The Morgan fingerprint density at radius 3 is 2.29 bits per heavy atom. The lowest BCUT2D eigenvalue weighted by Gasteiger charge is -2.29. The molecule has 5 nitrogen and oxygen atoms in total. The highest BCUT2D eigenvalue weighted by atomic mass is 16.5. The predicted molar refractivity (Wildman–Crippen MR) is 81.6 cm³/mol. The van der Waals surface area contributed by atoms with Crippen molar-refractivity contribution >= 4 is 17.3 Å². The number of benzene rings is 1. The van der Waals surface area contributed by atoms with E-state index in [0.29, 0.717) is 13.2 Å². The van der Waals surface area contributed by atoms with Gasteiger partial charge < -0.3 is 19.7 Å². The van der Waals surface area contributed by atoms with Gasteiger partial charge in [-0.1, -0.05) is 0 Å². The summed E-state index contributed by atoms with van der Waals surface area (Å²) < 4.78 is 10.6. The van der Waals surface area contributed by atoms with E-state index in [4.69, 9.17) is 9.47 Å². The molecule has 2 saturated heterocycles. The Morgan fingerprint density at radius 2 is 1.62 bits per heavy atom. The largest absolute Gasteiger partial charge is 0.381 e. The molecule has 1 aromatic rings. The Balaban J connectivity index is 1.57. The second-order valence-electron chi connectivity index (χ2n) is 5.52. The topological polar surface area (TPSA) is 50.8 Å². The van der Waals surface area contributed by atoms with Crippen LogP contribution in [-0.4, -0.2) is 45.4 Å². The van der Waals surface area contributed by atoms with Crippen molar-refractivity contribution in [3.63, 3.8) is 0 Å². The zero-order valence-electron chi connectivity index (χ0n) is 12.2. The third-order valence-corrected chi connectivity index (χ3v) is 4.10. The zero-order chi connectivity index (χ0) is 14.5. The number of rotatable bonds is 3. The molecule has 2 aliphatic rings. The van der Waals surface area contributed by atoms with E-state index in [1.807, 2.05) is 12.1 Å². The summed E-state index contributed by atoms with van der Waals surface area (Å²) in [4.78, 5) is 14.5. The Labute approximate surface area is 125 Å². The van der Waals surface area contributed by atoms with E-state index in [-0.39, 0.29) is 11.8 Å². The maximum absolute atomic E-state index is 12.2. The maximum atomic E-state index is 12.2. The lowest BCUT2D eigenvalue weighted by Crippen LogP contribution is -2.36. The quantitative estimate of drug-likeness (QED) is 0.923. The summed E-state index contributed by atoms with van der Waals surface area (Å²) in [5, 5.41) is 3.00. The van der Waals surface area contributed by atoms with Crippen LogP contribution in [0.2, 0.25) is 0 Å². The first-order valence-electron chi connectivity index (χ1n) is 7.64. The SMILES string of the molecule is O=C(Nc1ccc(N2CCOCC2)cc1)C1CCOCC1. The van der Waals surface area contributed by atoms with E-state index < -0.39 is 0 Å². The van der Waals surface area contributed by atoms with Crippen molar-refractivity contribution in [2.75, 3.05) is 49.7 Å². The molecule has 0 spiro atoms. The highest BCUT2D eigenvalue weighted by Crippen LogP contribution is 2.21. The van der Waals surface area contributed by atoms with Gasteiger partial charge in [0.15, 0.2) is 0 Å². The van der Waals surface area contributed by atoms with Gasteiger partial charge in [-0.25, -0.2) is 0 Å². The molecule has 2 heterocycles. The molecule has 1 N–H and O–H groups in total. The number of morpholine rings is 1. The fourth-order valence-corrected chi connectivity index (χ4v) is 2.78. The van der Waals surface area contributed by atoms with Gasteiger partial charge in [0.25, 0.3) is 0 Å². The highest BCUT2D eigenvalue weighted by Gasteiger charge is 2.21. The molecule has 21 heavy (non-hydrogen) atoms. The van der Waals surface area contributed by atoms with Crippen LogP contribution in [0.25, 0.3) is 0 Å². The molecule has 0 aromatic heterocycles. The maximum Gasteiger partial charge on any atom is 0.227 e. The first-order valence-corrected chi connectivity index (χ1v) is 7.64. The van der Waals surface area contributed by atoms with Crippen LogP contribution in [-0.2, 0) is 14.3 Å². The molecule has 1 amide bonds. The number of amides is 1. The second-order valence-corrected chi connectivity index (χ2v) is 5.52. The van der Waals surface area contributed by atoms with Crippen molar-refractivity contribution < 1.29 is 14.3 Å². The van der Waals surface area contributed by atoms with Crippen LogP contribution >= 0.6 is 0 Å². The third kappa shape index (κ3) is 3.74. The fourth-order valence-electron chi connectivity index (χ4n) is 2.78. The predicted octanol–water partition coefficient (Wildman–Crippen LogP) is 1.89. The van der Waals surface area contributed by atoms with Crippen LogP contribution in [0.1, 0.15) is 12.8 Å². The Morgan fingerprint density at radius 1 is 1.00 bits per heavy atom. The smallest absolute Gasteiger partial charge is 0.227 e. The van der Waals surface area contributed by atoms with Crippen LogP contribution < -0.4 is 10.2 Å². The summed E-state index contributed by atoms with van der Waals surface area (Å²) in [5.74, 6) is 0.190. The van der Waals surface area contributed by atoms with Gasteiger partial charge in [0.1, 0.15) is 0 Å². The molecular weight excluding hydrogens is 268 g/mol. The number of ether oxygens (including phenoxy) is 2. The van der Waals surface area contributed by atoms with Crippen molar-refractivity contribution in [1.82, 2.24) is 0 Å². The van der Waals surface area contributed by atoms with Crippen molar-refractivity contribution in [3.05, 3.63) is 24.3 Å². The minimum absolute atomic E-state index is 0.0812. The first kappa shape index (κ1) is 14.4. The monoisotopic (exact) mass is 290 g/mol. The molecule has 0 bridgehead atoms. The average molecular weight is 290 g/mol. The number of hydrogen-bond acceptors (Lipinski definition) is 4. The van der Waals surface area contributed by atoms with E-state index in [9.17, 15) is 4.79 Å². The fraction of sp³-hybridized carbons (Fsp3) is 0.562. The van der Waals surface area contributed by atoms with Gasteiger partial charge in [0.05, 0.1) is 13.2 Å². The van der Waals surface area contributed by atoms with Crippen molar-refractivity contribution in [1.29, 1.82) is 0 Å². The van der Waals surface area contributed by atoms with Crippen molar-refractivity contribution in [2.45, 2.75) is 12.8 Å². The lowest BCUT2D eigenvalue weighted by molar-refractivity contribution is -0.122. The molecule has 0 radical (unpaired) electrons. The first-order chi connectivity index (χ1) is 10.3. The normalized spacial score (nSPS) is 20.3. The molecule has 0 atom stereocenters. The van der Waals surface area contributed by atoms with E-state index in [2.05, 4.69) is 22.3 Å². The summed E-state index contributed by atoms with van der Waals surface area (Å²) in [6.45, 7) is 4.79. The number of carbonyl (C=O) groups excluding carboxylic acids is 1. The number of hydrogen-bond donors (Lipinski definition) is 1. The molecule has 3 rings (SSSR count). The minimum atomic E-state index is 0.0812. The summed E-state index contributed by atoms with van der Waals surface area (Å²) in [7, 11) is 0. The van der Waals surface area contributed by atoms with E-state index >= 15 is 0 Å². The Bertz CT molecular complexity index is 463. The van der Waals surface area contributed by atoms with Gasteiger partial charge in [-0.15, -0.1) is 0 Å². The van der Waals surface area contributed by atoms with Crippen molar-refractivity contribution in [2.24, 2.45) is 5.92 Å². The average Bonchev–Trinajstić information content (AvgIpc) is 2.57. The summed E-state index contributed by atoms with van der Waals surface area (Å²) >= 11 is 0. The standard InChI is InChI=1S/C16H22N2O3/c19-16(13-5-9-20-10-6-13)17-14-1-3-15(4-2-14)18-7-11-21-12-8-18/h1-4,13H,5-12H2,(H,17,19). The number of anilines is 2.